The summed E-state index contributed by atoms with van der Waals surface area (Å²) < 4.78 is 0. The molecule has 0 radical (unpaired) electrons. The number of hydrogen-bond acceptors (Lipinski definition) is 3. The molecule has 0 spiro atoms. The van der Waals surface area contributed by atoms with Crippen LogP contribution in [0.2, 0.25) is 5.02 Å². The molecule has 0 aromatic heterocycles. The summed E-state index contributed by atoms with van der Waals surface area (Å²) in [5.41, 5.74) is 1.25. The highest BCUT2D eigenvalue weighted by atomic mass is 35.5. The summed E-state index contributed by atoms with van der Waals surface area (Å²) in [7, 11) is 0. The van der Waals surface area contributed by atoms with Gasteiger partial charge in [0.15, 0.2) is 5.78 Å². The van der Waals surface area contributed by atoms with Crippen molar-refractivity contribution in [2.75, 3.05) is 5.32 Å². The van der Waals surface area contributed by atoms with Crippen LogP contribution in [0, 0.1) is 0 Å². The lowest BCUT2D eigenvalue weighted by Gasteiger charge is -2.06. The summed E-state index contributed by atoms with van der Waals surface area (Å²) in [5.74, 6) is -0.789. The van der Waals surface area contributed by atoms with E-state index in [0.29, 0.717) is 16.3 Å². The van der Waals surface area contributed by atoms with E-state index >= 15 is 0 Å². The number of ketones is 1. The van der Waals surface area contributed by atoms with Crippen molar-refractivity contribution >= 4 is 35.1 Å². The average Bonchev–Trinajstić information content (AvgIpc) is 2.47. The number of carbonyl (C=O) groups is 2. The molecule has 1 amide bonds. The van der Waals surface area contributed by atoms with Crippen molar-refractivity contribution in [1.82, 2.24) is 0 Å². The molecule has 0 bridgehead atoms. The number of aromatic hydroxyl groups is 1. The standard InChI is InChI=1S/C17H14ClNO3/c1-11(20)19-13-7-9-17(22)14(10-13)16(21)8-6-12-4-2-3-5-15(12)18/h2-10,22H,1H3,(H,19,20). The Bertz CT molecular complexity index is 753. The Morgan fingerprint density at radius 2 is 1.91 bits per heavy atom. The van der Waals surface area contributed by atoms with Gasteiger partial charge in [-0.1, -0.05) is 29.8 Å². The first-order chi connectivity index (χ1) is 10.5. The molecule has 2 N–H and O–H groups in total. The lowest BCUT2D eigenvalue weighted by molar-refractivity contribution is -0.114. The number of halogens is 1. The van der Waals surface area contributed by atoms with Gasteiger partial charge in [-0.25, -0.2) is 0 Å². The number of benzene rings is 2. The summed E-state index contributed by atoms with van der Waals surface area (Å²) in [6, 6.07) is 11.4. The molecule has 4 nitrogen and oxygen atoms in total. The van der Waals surface area contributed by atoms with E-state index in [-0.39, 0.29) is 23.0 Å². The smallest absolute Gasteiger partial charge is 0.221 e. The Balaban J connectivity index is 2.25. The summed E-state index contributed by atoms with van der Waals surface area (Å²) in [6.07, 6.45) is 2.91. The van der Waals surface area contributed by atoms with Crippen LogP contribution in [0.3, 0.4) is 0 Å². The molecule has 0 fully saturated rings. The summed E-state index contributed by atoms with van der Waals surface area (Å²) in [5, 5.41) is 12.9. The van der Waals surface area contributed by atoms with E-state index in [2.05, 4.69) is 5.32 Å². The van der Waals surface area contributed by atoms with Gasteiger partial charge in [0.2, 0.25) is 5.91 Å². The minimum Gasteiger partial charge on any atom is -0.507 e. The Kier molecular flexibility index (Phi) is 4.96. The number of phenolic OH excluding ortho intramolecular Hbond substituents is 1. The number of anilines is 1. The van der Waals surface area contributed by atoms with Crippen LogP contribution >= 0.6 is 11.6 Å². The highest BCUT2D eigenvalue weighted by Crippen LogP contribution is 2.23. The van der Waals surface area contributed by atoms with Gasteiger partial charge in [0.05, 0.1) is 5.56 Å². The van der Waals surface area contributed by atoms with Gasteiger partial charge in [0, 0.05) is 17.6 Å². The van der Waals surface area contributed by atoms with Gasteiger partial charge in [-0.15, -0.1) is 0 Å². The molecule has 2 aromatic carbocycles. The van der Waals surface area contributed by atoms with E-state index in [1.165, 1.54) is 31.2 Å². The molecule has 0 saturated heterocycles. The third kappa shape index (κ3) is 3.96. The number of phenols is 1. The number of amides is 1. The number of allylic oxidation sites excluding steroid dienone is 1. The molecule has 0 atom stereocenters. The molecular formula is C17H14ClNO3. The zero-order valence-corrected chi connectivity index (χ0v) is 12.6. The normalized spacial score (nSPS) is 10.6. The third-order valence-corrected chi connectivity index (χ3v) is 3.25. The molecule has 22 heavy (non-hydrogen) atoms. The van der Waals surface area contributed by atoms with E-state index in [9.17, 15) is 14.7 Å². The topological polar surface area (TPSA) is 66.4 Å². The second-order valence-electron chi connectivity index (χ2n) is 4.63. The van der Waals surface area contributed by atoms with Crippen LogP contribution in [0.1, 0.15) is 22.8 Å². The first kappa shape index (κ1) is 15.8. The Labute approximate surface area is 133 Å². The average molecular weight is 316 g/mol. The highest BCUT2D eigenvalue weighted by Gasteiger charge is 2.10. The molecule has 0 unspecified atom stereocenters. The molecule has 112 valence electrons. The molecule has 0 aliphatic rings. The molecule has 0 heterocycles. The minimum atomic E-state index is -0.385. The maximum Gasteiger partial charge on any atom is 0.221 e. The zero-order valence-electron chi connectivity index (χ0n) is 11.8. The first-order valence-electron chi connectivity index (χ1n) is 6.55. The maximum absolute atomic E-state index is 12.2. The van der Waals surface area contributed by atoms with Crippen molar-refractivity contribution in [2.45, 2.75) is 6.92 Å². The lowest BCUT2D eigenvalue weighted by Crippen LogP contribution is -2.06. The second kappa shape index (κ2) is 6.91. The SMILES string of the molecule is CC(=O)Nc1ccc(O)c(C(=O)C=Cc2ccccc2Cl)c1. The third-order valence-electron chi connectivity index (χ3n) is 2.90. The van der Waals surface area contributed by atoms with Crippen LogP contribution < -0.4 is 5.32 Å². The second-order valence-corrected chi connectivity index (χ2v) is 5.04. The molecular weight excluding hydrogens is 302 g/mol. The van der Waals surface area contributed by atoms with Gasteiger partial charge < -0.3 is 10.4 Å². The fourth-order valence-corrected chi connectivity index (χ4v) is 2.08. The predicted molar refractivity (Wildman–Crippen MR) is 87.2 cm³/mol. The van der Waals surface area contributed by atoms with Crippen molar-refractivity contribution in [1.29, 1.82) is 0 Å². The van der Waals surface area contributed by atoms with Gasteiger partial charge in [0.1, 0.15) is 5.75 Å². The Morgan fingerprint density at radius 1 is 1.18 bits per heavy atom. The van der Waals surface area contributed by atoms with Crippen LogP contribution in [0.25, 0.3) is 6.08 Å². The van der Waals surface area contributed by atoms with Gasteiger partial charge in [0.25, 0.3) is 0 Å². The first-order valence-corrected chi connectivity index (χ1v) is 6.92. The number of carbonyl (C=O) groups excluding carboxylic acids is 2. The fourth-order valence-electron chi connectivity index (χ4n) is 1.88. The molecule has 2 aromatic rings. The van der Waals surface area contributed by atoms with Crippen LogP contribution in [0.4, 0.5) is 5.69 Å². The maximum atomic E-state index is 12.2. The van der Waals surface area contributed by atoms with Gasteiger partial charge in [-0.05, 0) is 42.0 Å². The van der Waals surface area contributed by atoms with E-state index < -0.39 is 0 Å². The Morgan fingerprint density at radius 3 is 2.59 bits per heavy atom. The van der Waals surface area contributed by atoms with Crippen LogP contribution in [-0.2, 0) is 4.79 Å². The van der Waals surface area contributed by atoms with E-state index in [1.54, 1.807) is 24.3 Å². The quantitative estimate of drug-likeness (QED) is 0.511. The van der Waals surface area contributed by atoms with Gasteiger partial charge >= 0.3 is 0 Å². The lowest BCUT2D eigenvalue weighted by atomic mass is 10.1. The molecule has 0 saturated carbocycles. The van der Waals surface area contributed by atoms with Crippen molar-refractivity contribution in [3.05, 3.63) is 64.7 Å². The predicted octanol–water partition coefficient (Wildman–Crippen LogP) is 3.90. The molecule has 2 rings (SSSR count). The monoisotopic (exact) mass is 315 g/mol. The van der Waals surface area contributed by atoms with Crippen LogP contribution in [-0.4, -0.2) is 16.8 Å². The van der Waals surface area contributed by atoms with E-state index in [4.69, 9.17) is 11.6 Å². The van der Waals surface area contributed by atoms with Crippen LogP contribution in [0.5, 0.6) is 5.75 Å². The largest absolute Gasteiger partial charge is 0.507 e. The van der Waals surface area contributed by atoms with Crippen LogP contribution in [0.15, 0.2) is 48.5 Å². The zero-order chi connectivity index (χ0) is 16.1. The van der Waals surface area contributed by atoms with Gasteiger partial charge in [-0.3, -0.25) is 9.59 Å². The number of hydrogen-bond donors (Lipinski definition) is 2. The summed E-state index contributed by atoms with van der Waals surface area (Å²) in [4.78, 5) is 23.2. The molecule has 5 heteroatoms. The fraction of sp³-hybridized carbons (Fsp3) is 0.0588. The summed E-state index contributed by atoms with van der Waals surface area (Å²) >= 11 is 6.01. The van der Waals surface area contributed by atoms with Crippen molar-refractivity contribution in [2.24, 2.45) is 0 Å². The van der Waals surface area contributed by atoms with Crippen molar-refractivity contribution in [3.8, 4) is 5.75 Å². The minimum absolute atomic E-state index is 0.106. The molecule has 0 aliphatic heterocycles. The van der Waals surface area contributed by atoms with Gasteiger partial charge in [-0.2, -0.15) is 0 Å². The van der Waals surface area contributed by atoms with E-state index in [1.807, 2.05) is 6.07 Å². The summed E-state index contributed by atoms with van der Waals surface area (Å²) in [6.45, 7) is 1.37. The highest BCUT2D eigenvalue weighted by molar-refractivity contribution is 6.32. The molecule has 0 aliphatic carbocycles. The van der Waals surface area contributed by atoms with Crippen molar-refractivity contribution < 1.29 is 14.7 Å². The Hall–Kier alpha value is -2.59. The van der Waals surface area contributed by atoms with E-state index in [0.717, 1.165) is 0 Å². The van der Waals surface area contributed by atoms with Crippen molar-refractivity contribution in [3.63, 3.8) is 0 Å². The number of nitrogens with one attached hydrogen (secondary N) is 1. The number of rotatable bonds is 4.